The van der Waals surface area contributed by atoms with Gasteiger partial charge in [-0.1, -0.05) is 55.8 Å². The summed E-state index contributed by atoms with van der Waals surface area (Å²) in [5, 5.41) is 0. The van der Waals surface area contributed by atoms with Crippen LogP contribution in [0.3, 0.4) is 0 Å². The van der Waals surface area contributed by atoms with Crippen LogP contribution in [0.2, 0.25) is 0 Å². The molecule has 0 saturated heterocycles. The number of benzene rings is 2. The van der Waals surface area contributed by atoms with Crippen molar-refractivity contribution in [2.45, 2.75) is 34.3 Å². The highest BCUT2D eigenvalue weighted by Gasteiger charge is 2.08. The van der Waals surface area contributed by atoms with E-state index in [-0.39, 0.29) is 0 Å². The first-order chi connectivity index (χ1) is 11.5. The third-order valence-electron chi connectivity index (χ3n) is 3.76. The fourth-order valence-electron chi connectivity index (χ4n) is 2.51. The summed E-state index contributed by atoms with van der Waals surface area (Å²) in [6.07, 6.45) is 2.28. The van der Waals surface area contributed by atoms with Crippen LogP contribution in [-0.2, 0) is 6.61 Å². The van der Waals surface area contributed by atoms with Crippen LogP contribution in [0, 0.1) is 5.92 Å². The standard InChI is InChI=1S/C22H29NO/c1-18(2)14-15-23(16-19(3)4)21-10-12-22(13-11-21)24-17-20-8-6-5-7-9-20/h5-14,19H,15-17H2,1-4H3. The Morgan fingerprint density at radius 2 is 1.67 bits per heavy atom. The Kier molecular flexibility index (Phi) is 6.92. The zero-order chi connectivity index (χ0) is 17.4. The zero-order valence-electron chi connectivity index (χ0n) is 15.3. The molecule has 0 N–H and O–H groups in total. The second-order valence-electron chi connectivity index (χ2n) is 6.85. The summed E-state index contributed by atoms with van der Waals surface area (Å²) >= 11 is 0. The summed E-state index contributed by atoms with van der Waals surface area (Å²) in [6, 6.07) is 18.7. The van der Waals surface area contributed by atoms with E-state index in [9.17, 15) is 0 Å². The van der Waals surface area contributed by atoms with E-state index in [0.29, 0.717) is 12.5 Å². The van der Waals surface area contributed by atoms with E-state index in [1.807, 2.05) is 18.2 Å². The van der Waals surface area contributed by atoms with Crippen molar-refractivity contribution in [2.24, 2.45) is 5.92 Å². The van der Waals surface area contributed by atoms with E-state index in [1.54, 1.807) is 0 Å². The van der Waals surface area contributed by atoms with Crippen molar-refractivity contribution in [3.63, 3.8) is 0 Å². The van der Waals surface area contributed by atoms with Gasteiger partial charge in [-0.15, -0.1) is 0 Å². The lowest BCUT2D eigenvalue weighted by Crippen LogP contribution is -2.27. The van der Waals surface area contributed by atoms with Crippen LogP contribution in [0.4, 0.5) is 5.69 Å². The SMILES string of the molecule is CC(C)=CCN(CC(C)C)c1ccc(OCc2ccccc2)cc1. The van der Waals surface area contributed by atoms with Crippen LogP contribution in [0.25, 0.3) is 0 Å². The van der Waals surface area contributed by atoms with Crippen LogP contribution in [0.15, 0.2) is 66.2 Å². The van der Waals surface area contributed by atoms with Gasteiger partial charge in [-0.25, -0.2) is 0 Å². The third-order valence-corrected chi connectivity index (χ3v) is 3.76. The Bertz CT molecular complexity index is 625. The second-order valence-corrected chi connectivity index (χ2v) is 6.85. The second kappa shape index (κ2) is 9.17. The average Bonchev–Trinajstić information content (AvgIpc) is 2.58. The number of allylic oxidation sites excluding steroid dienone is 1. The van der Waals surface area contributed by atoms with Gasteiger partial charge in [0.1, 0.15) is 12.4 Å². The largest absolute Gasteiger partial charge is 0.489 e. The van der Waals surface area contributed by atoms with E-state index in [0.717, 1.165) is 18.8 Å². The minimum absolute atomic E-state index is 0.605. The van der Waals surface area contributed by atoms with Gasteiger partial charge in [-0.3, -0.25) is 0 Å². The van der Waals surface area contributed by atoms with Crippen molar-refractivity contribution in [1.29, 1.82) is 0 Å². The maximum absolute atomic E-state index is 5.88. The van der Waals surface area contributed by atoms with Crippen molar-refractivity contribution in [2.75, 3.05) is 18.0 Å². The van der Waals surface area contributed by atoms with Gasteiger partial charge in [-0.05, 0) is 49.6 Å². The highest BCUT2D eigenvalue weighted by Crippen LogP contribution is 2.21. The molecule has 0 aliphatic carbocycles. The number of hydrogen-bond acceptors (Lipinski definition) is 2. The molecule has 0 aliphatic rings. The Labute approximate surface area is 146 Å². The molecule has 0 spiro atoms. The van der Waals surface area contributed by atoms with E-state index < -0.39 is 0 Å². The average molecular weight is 323 g/mol. The molecule has 0 heterocycles. The number of nitrogens with zero attached hydrogens (tertiary/aromatic N) is 1. The van der Waals surface area contributed by atoms with Gasteiger partial charge in [0.05, 0.1) is 0 Å². The van der Waals surface area contributed by atoms with E-state index in [2.05, 4.69) is 75.1 Å². The predicted molar refractivity (Wildman–Crippen MR) is 104 cm³/mol. The van der Waals surface area contributed by atoms with Gasteiger partial charge < -0.3 is 9.64 Å². The van der Waals surface area contributed by atoms with E-state index >= 15 is 0 Å². The van der Waals surface area contributed by atoms with Crippen LogP contribution in [-0.4, -0.2) is 13.1 Å². The lowest BCUT2D eigenvalue weighted by molar-refractivity contribution is 0.306. The molecule has 0 atom stereocenters. The fraction of sp³-hybridized carbons (Fsp3) is 0.364. The molecule has 0 bridgehead atoms. The van der Waals surface area contributed by atoms with Crippen molar-refractivity contribution < 1.29 is 4.74 Å². The first-order valence-corrected chi connectivity index (χ1v) is 8.69. The maximum Gasteiger partial charge on any atom is 0.119 e. The molecule has 2 aromatic carbocycles. The molecule has 2 aromatic rings. The molecular formula is C22H29NO. The fourth-order valence-corrected chi connectivity index (χ4v) is 2.51. The van der Waals surface area contributed by atoms with Crippen molar-refractivity contribution in [1.82, 2.24) is 0 Å². The summed E-state index contributed by atoms with van der Waals surface area (Å²) in [6.45, 7) is 11.4. The van der Waals surface area contributed by atoms with E-state index in [1.165, 1.54) is 16.8 Å². The van der Waals surface area contributed by atoms with Crippen LogP contribution in [0.1, 0.15) is 33.3 Å². The normalized spacial score (nSPS) is 10.5. The monoisotopic (exact) mass is 323 g/mol. The Morgan fingerprint density at radius 3 is 2.25 bits per heavy atom. The summed E-state index contributed by atoms with van der Waals surface area (Å²) < 4.78 is 5.88. The quantitative estimate of drug-likeness (QED) is 0.578. The Hall–Kier alpha value is -2.22. The smallest absolute Gasteiger partial charge is 0.119 e. The molecule has 0 aliphatic heterocycles. The summed E-state index contributed by atoms with van der Waals surface area (Å²) in [7, 11) is 0. The van der Waals surface area contributed by atoms with Gasteiger partial charge in [0.25, 0.3) is 0 Å². The van der Waals surface area contributed by atoms with E-state index in [4.69, 9.17) is 4.74 Å². The Morgan fingerprint density at radius 1 is 1.00 bits per heavy atom. The minimum atomic E-state index is 0.605. The first-order valence-electron chi connectivity index (χ1n) is 8.69. The molecule has 0 amide bonds. The van der Waals surface area contributed by atoms with Crippen molar-refractivity contribution in [3.8, 4) is 5.75 Å². The molecule has 2 heteroatoms. The van der Waals surface area contributed by atoms with Gasteiger partial charge in [-0.2, -0.15) is 0 Å². The van der Waals surface area contributed by atoms with Gasteiger partial charge in [0, 0.05) is 18.8 Å². The first kappa shape index (κ1) is 18.1. The lowest BCUT2D eigenvalue weighted by atomic mass is 10.1. The number of hydrogen-bond donors (Lipinski definition) is 0. The number of anilines is 1. The van der Waals surface area contributed by atoms with Gasteiger partial charge in [0.15, 0.2) is 0 Å². The molecule has 0 fully saturated rings. The van der Waals surface area contributed by atoms with Crippen LogP contribution < -0.4 is 9.64 Å². The minimum Gasteiger partial charge on any atom is -0.489 e. The molecular weight excluding hydrogens is 294 g/mol. The van der Waals surface area contributed by atoms with Gasteiger partial charge in [0.2, 0.25) is 0 Å². The summed E-state index contributed by atoms with van der Waals surface area (Å²) in [4.78, 5) is 2.42. The predicted octanol–water partition coefficient (Wildman–Crippen LogP) is 5.69. The number of rotatable bonds is 8. The zero-order valence-corrected chi connectivity index (χ0v) is 15.3. The molecule has 2 nitrogen and oxygen atoms in total. The molecule has 0 radical (unpaired) electrons. The molecule has 0 aromatic heterocycles. The summed E-state index contributed by atoms with van der Waals surface area (Å²) in [5.74, 6) is 1.54. The Balaban J connectivity index is 2.00. The van der Waals surface area contributed by atoms with Gasteiger partial charge >= 0.3 is 0 Å². The lowest BCUT2D eigenvalue weighted by Gasteiger charge is -2.26. The molecule has 24 heavy (non-hydrogen) atoms. The molecule has 0 unspecified atom stereocenters. The van der Waals surface area contributed by atoms with Crippen molar-refractivity contribution in [3.05, 3.63) is 71.8 Å². The molecule has 2 rings (SSSR count). The van der Waals surface area contributed by atoms with Crippen LogP contribution >= 0.6 is 0 Å². The summed E-state index contributed by atoms with van der Waals surface area (Å²) in [5.41, 5.74) is 3.78. The topological polar surface area (TPSA) is 12.5 Å². The van der Waals surface area contributed by atoms with Crippen molar-refractivity contribution >= 4 is 5.69 Å². The highest BCUT2D eigenvalue weighted by molar-refractivity contribution is 5.49. The highest BCUT2D eigenvalue weighted by atomic mass is 16.5. The number of ether oxygens (including phenoxy) is 1. The molecule has 128 valence electrons. The third kappa shape index (κ3) is 6.11. The van der Waals surface area contributed by atoms with Crippen LogP contribution in [0.5, 0.6) is 5.75 Å². The molecule has 0 saturated carbocycles. The maximum atomic E-state index is 5.88.